The van der Waals surface area contributed by atoms with Gasteiger partial charge in [0.1, 0.15) is 0 Å². The van der Waals surface area contributed by atoms with Crippen LogP contribution in [-0.2, 0) is 11.3 Å². The summed E-state index contributed by atoms with van der Waals surface area (Å²) in [6.45, 7) is 9.59. The average molecular weight is 359 g/mol. The van der Waals surface area contributed by atoms with Crippen LogP contribution in [0.4, 0.5) is 5.82 Å². The van der Waals surface area contributed by atoms with E-state index in [4.69, 9.17) is 4.74 Å². The number of hydrogen-bond donors (Lipinski definition) is 0. The van der Waals surface area contributed by atoms with Gasteiger partial charge in [0.2, 0.25) is 0 Å². The fourth-order valence-electron chi connectivity index (χ4n) is 3.86. The predicted octanol–water partition coefficient (Wildman–Crippen LogP) is 2.42. The van der Waals surface area contributed by atoms with Crippen LogP contribution in [0.2, 0.25) is 0 Å². The number of hydrogen-bond acceptors (Lipinski definition) is 7. The zero-order valence-electron chi connectivity index (χ0n) is 14.9. The van der Waals surface area contributed by atoms with E-state index < -0.39 is 0 Å². The molecule has 0 N–H and O–H groups in total. The smallest absolute Gasteiger partial charge is 0.151 e. The Morgan fingerprint density at radius 1 is 1.16 bits per heavy atom. The molecule has 2 aliphatic rings. The standard InChI is InChI=1S/C18H25N5OS/c1-14-3-4-17(21-20-14)22-7-5-18(6-8-22)13-24-10-9-23(18)11-16-12-25-15(2)19-16/h3-4,12H,5-11,13H2,1-2H3. The van der Waals surface area contributed by atoms with Crippen LogP contribution in [0.15, 0.2) is 17.5 Å². The van der Waals surface area contributed by atoms with Gasteiger partial charge >= 0.3 is 0 Å². The molecule has 2 aromatic rings. The van der Waals surface area contributed by atoms with Crippen molar-refractivity contribution in [2.45, 2.75) is 38.8 Å². The van der Waals surface area contributed by atoms with Crippen LogP contribution < -0.4 is 4.90 Å². The van der Waals surface area contributed by atoms with Crippen molar-refractivity contribution in [1.82, 2.24) is 20.1 Å². The molecular weight excluding hydrogens is 334 g/mol. The Hall–Kier alpha value is -1.57. The van der Waals surface area contributed by atoms with Crippen molar-refractivity contribution in [2.24, 2.45) is 0 Å². The van der Waals surface area contributed by atoms with E-state index in [1.165, 1.54) is 5.69 Å². The molecule has 0 radical (unpaired) electrons. The van der Waals surface area contributed by atoms with E-state index in [0.717, 1.165) is 68.8 Å². The maximum absolute atomic E-state index is 5.89. The Morgan fingerprint density at radius 2 is 2.00 bits per heavy atom. The minimum Gasteiger partial charge on any atom is -0.378 e. The fourth-order valence-corrected chi connectivity index (χ4v) is 4.47. The molecule has 1 spiro atoms. The second-order valence-corrected chi connectivity index (χ2v) is 8.14. The SMILES string of the molecule is Cc1ccc(N2CCC3(CC2)COCCN3Cc2csc(C)n2)nn1. The van der Waals surface area contributed by atoms with E-state index in [-0.39, 0.29) is 5.54 Å². The van der Waals surface area contributed by atoms with Crippen molar-refractivity contribution in [1.29, 1.82) is 0 Å². The highest BCUT2D eigenvalue weighted by molar-refractivity contribution is 7.09. The van der Waals surface area contributed by atoms with Crippen molar-refractivity contribution in [3.63, 3.8) is 0 Å². The van der Waals surface area contributed by atoms with Crippen LogP contribution in [0.3, 0.4) is 0 Å². The Bertz CT molecular complexity index is 709. The number of anilines is 1. The number of nitrogens with zero attached hydrogens (tertiary/aromatic N) is 5. The van der Waals surface area contributed by atoms with Crippen LogP contribution in [0.25, 0.3) is 0 Å². The lowest BCUT2D eigenvalue weighted by atomic mass is 9.85. The second-order valence-electron chi connectivity index (χ2n) is 7.08. The zero-order valence-corrected chi connectivity index (χ0v) is 15.8. The van der Waals surface area contributed by atoms with E-state index in [0.29, 0.717) is 0 Å². The van der Waals surface area contributed by atoms with Gasteiger partial charge in [-0.15, -0.1) is 16.4 Å². The largest absolute Gasteiger partial charge is 0.378 e. The first-order chi connectivity index (χ1) is 12.1. The van der Waals surface area contributed by atoms with Crippen molar-refractivity contribution in [3.8, 4) is 0 Å². The third-order valence-corrected chi connectivity index (χ3v) is 6.19. The van der Waals surface area contributed by atoms with E-state index >= 15 is 0 Å². The molecule has 2 aromatic heterocycles. The van der Waals surface area contributed by atoms with Crippen LogP contribution in [0.5, 0.6) is 0 Å². The van der Waals surface area contributed by atoms with Crippen molar-refractivity contribution in [2.75, 3.05) is 37.7 Å². The Morgan fingerprint density at radius 3 is 2.68 bits per heavy atom. The third kappa shape index (κ3) is 3.54. The number of thiazole rings is 1. The Labute approximate surface area is 152 Å². The molecule has 2 saturated heterocycles. The Kier molecular flexibility index (Phi) is 4.71. The van der Waals surface area contributed by atoms with Gasteiger partial charge in [0, 0.05) is 37.1 Å². The first kappa shape index (κ1) is 16.9. The Balaban J connectivity index is 1.46. The van der Waals surface area contributed by atoms with Gasteiger partial charge in [-0.1, -0.05) is 0 Å². The highest BCUT2D eigenvalue weighted by Gasteiger charge is 2.42. The first-order valence-corrected chi connectivity index (χ1v) is 9.82. The summed E-state index contributed by atoms with van der Waals surface area (Å²) in [6, 6.07) is 4.11. The molecule has 134 valence electrons. The van der Waals surface area contributed by atoms with Gasteiger partial charge in [-0.25, -0.2) is 4.98 Å². The number of piperidine rings is 1. The van der Waals surface area contributed by atoms with E-state index in [1.54, 1.807) is 11.3 Å². The molecule has 7 heteroatoms. The summed E-state index contributed by atoms with van der Waals surface area (Å²) in [6.07, 6.45) is 2.18. The monoisotopic (exact) mass is 359 g/mol. The zero-order chi connectivity index (χ0) is 17.3. The molecule has 0 atom stereocenters. The second kappa shape index (κ2) is 6.97. The van der Waals surface area contributed by atoms with E-state index in [9.17, 15) is 0 Å². The van der Waals surface area contributed by atoms with Crippen LogP contribution in [-0.4, -0.2) is 58.5 Å². The highest BCUT2D eigenvalue weighted by atomic mass is 32.1. The summed E-state index contributed by atoms with van der Waals surface area (Å²) < 4.78 is 5.89. The maximum atomic E-state index is 5.89. The van der Waals surface area contributed by atoms with Crippen LogP contribution in [0.1, 0.15) is 29.2 Å². The number of aromatic nitrogens is 3. The maximum Gasteiger partial charge on any atom is 0.151 e. The summed E-state index contributed by atoms with van der Waals surface area (Å²) in [5.74, 6) is 0.985. The lowest BCUT2D eigenvalue weighted by molar-refractivity contribution is -0.0846. The molecular formula is C18H25N5OS. The number of rotatable bonds is 3. The van der Waals surface area contributed by atoms with Gasteiger partial charge in [0.05, 0.1) is 29.6 Å². The van der Waals surface area contributed by atoms with Crippen LogP contribution >= 0.6 is 11.3 Å². The molecule has 0 amide bonds. The van der Waals surface area contributed by atoms with Crippen molar-refractivity contribution in [3.05, 3.63) is 33.9 Å². The predicted molar refractivity (Wildman–Crippen MR) is 99.0 cm³/mol. The minimum atomic E-state index is 0.129. The molecule has 4 heterocycles. The first-order valence-electron chi connectivity index (χ1n) is 8.94. The molecule has 0 bridgehead atoms. The molecule has 0 aliphatic carbocycles. The molecule has 6 nitrogen and oxygen atoms in total. The number of morpholine rings is 1. The average Bonchev–Trinajstić information content (AvgIpc) is 3.04. The molecule has 25 heavy (non-hydrogen) atoms. The molecule has 0 saturated carbocycles. The summed E-state index contributed by atoms with van der Waals surface area (Å²) in [4.78, 5) is 9.61. The van der Waals surface area contributed by atoms with E-state index in [1.807, 2.05) is 13.0 Å². The molecule has 2 aliphatic heterocycles. The molecule has 0 aromatic carbocycles. The topological polar surface area (TPSA) is 54.4 Å². The van der Waals surface area contributed by atoms with Gasteiger partial charge < -0.3 is 9.64 Å². The van der Waals surface area contributed by atoms with E-state index in [2.05, 4.69) is 43.4 Å². The summed E-state index contributed by atoms with van der Waals surface area (Å²) >= 11 is 1.73. The number of aryl methyl sites for hydroxylation is 2. The molecule has 4 rings (SSSR count). The minimum absolute atomic E-state index is 0.129. The van der Waals surface area contributed by atoms with Crippen LogP contribution in [0, 0.1) is 13.8 Å². The summed E-state index contributed by atoms with van der Waals surface area (Å²) in [5, 5.41) is 11.9. The highest BCUT2D eigenvalue weighted by Crippen LogP contribution is 2.34. The third-order valence-electron chi connectivity index (χ3n) is 5.37. The molecule has 2 fully saturated rings. The lowest BCUT2D eigenvalue weighted by Crippen LogP contribution is -2.61. The van der Waals surface area contributed by atoms with Gasteiger partial charge in [0.25, 0.3) is 0 Å². The van der Waals surface area contributed by atoms with Gasteiger partial charge in [0.15, 0.2) is 5.82 Å². The fraction of sp³-hybridized carbons (Fsp3) is 0.611. The number of ether oxygens (including phenoxy) is 1. The summed E-state index contributed by atoms with van der Waals surface area (Å²) in [5.41, 5.74) is 2.28. The normalized spacial score (nSPS) is 21.0. The van der Waals surface area contributed by atoms with Gasteiger partial charge in [-0.05, 0) is 38.8 Å². The van der Waals surface area contributed by atoms with Crippen molar-refractivity contribution >= 4 is 17.2 Å². The van der Waals surface area contributed by atoms with Gasteiger partial charge in [-0.2, -0.15) is 5.10 Å². The van der Waals surface area contributed by atoms with Crippen molar-refractivity contribution < 1.29 is 4.74 Å². The van der Waals surface area contributed by atoms with Gasteiger partial charge in [-0.3, -0.25) is 4.90 Å². The summed E-state index contributed by atoms with van der Waals surface area (Å²) in [7, 11) is 0. The molecule has 0 unspecified atom stereocenters. The quantitative estimate of drug-likeness (QED) is 0.839. The lowest BCUT2D eigenvalue weighted by Gasteiger charge is -2.51.